The van der Waals surface area contributed by atoms with Gasteiger partial charge in [-0.05, 0) is 93.8 Å². The van der Waals surface area contributed by atoms with Crippen LogP contribution in [0.3, 0.4) is 0 Å². The summed E-state index contributed by atoms with van der Waals surface area (Å²) in [4.78, 5) is 2.42. The van der Waals surface area contributed by atoms with E-state index in [9.17, 15) is 0 Å². The predicted octanol–water partition coefficient (Wildman–Crippen LogP) is 12.0. The number of ether oxygens (including phenoxy) is 2. The molecule has 0 aromatic heterocycles. The van der Waals surface area contributed by atoms with Gasteiger partial charge in [0, 0.05) is 15.2 Å². The van der Waals surface area contributed by atoms with Gasteiger partial charge in [0.1, 0.15) is 22.8 Å². The minimum atomic E-state index is -0.159. The first-order valence-electron chi connectivity index (χ1n) is 14.3. The summed E-state index contributed by atoms with van der Waals surface area (Å²) in [6.07, 6.45) is 7.26. The Morgan fingerprint density at radius 3 is 1.54 bits per heavy atom. The first kappa shape index (κ1) is 34.1. The highest BCUT2D eigenvalue weighted by molar-refractivity contribution is 8.03. The summed E-state index contributed by atoms with van der Waals surface area (Å²) in [6.45, 7) is 23.0. The maximum Gasteiger partial charge on any atom is 0.127 e. The fraction of sp³-hybridized carbons (Fsp3) is 0.389. The molecule has 0 unspecified atom stereocenters. The third-order valence-electron chi connectivity index (χ3n) is 6.31. The number of hydrogen-bond acceptors (Lipinski definition) is 3. The Kier molecular flexibility index (Phi) is 14.8. The summed E-state index contributed by atoms with van der Waals surface area (Å²) in [5.41, 5.74) is 2.20. The lowest BCUT2D eigenvalue weighted by molar-refractivity contribution is 0.105. The second-order valence-electron chi connectivity index (χ2n) is 9.76. The molecule has 0 fully saturated rings. The van der Waals surface area contributed by atoms with Crippen LogP contribution in [-0.2, 0) is 5.41 Å². The smallest absolute Gasteiger partial charge is 0.127 e. The third-order valence-corrected chi connectivity index (χ3v) is 7.42. The van der Waals surface area contributed by atoms with Gasteiger partial charge in [0.05, 0.1) is 0 Å². The zero-order valence-electron chi connectivity index (χ0n) is 26.1. The Labute approximate surface area is 243 Å². The quantitative estimate of drug-likeness (QED) is 0.186. The lowest BCUT2D eigenvalue weighted by Gasteiger charge is -2.28. The van der Waals surface area contributed by atoms with Crippen LogP contribution in [0.2, 0.25) is 0 Å². The number of thioether (sulfide) groups is 1. The van der Waals surface area contributed by atoms with Gasteiger partial charge in [-0.3, -0.25) is 0 Å². The summed E-state index contributed by atoms with van der Waals surface area (Å²) < 4.78 is 12.2. The zero-order chi connectivity index (χ0) is 29.5. The van der Waals surface area contributed by atoms with Crippen LogP contribution in [0.4, 0.5) is 0 Å². The minimum Gasteiger partial charge on any atom is -0.488 e. The van der Waals surface area contributed by atoms with E-state index >= 15 is 0 Å². The monoisotopic (exact) mass is 546 g/mol. The standard InChI is InChI=1S/C32H38O2S.2C2H6/c1-8-11-29(9-2)35-30-22-20-27(21-23-30)33-26-16-12-24(13-17-26)32(6,7)25-14-18-28(19-15-25)34-31(4,5)10-3;2*1-2/h8-9,11-23H,10H2,1-7H3;2*1-2H3/b11-8-,29-9+;;. The summed E-state index contributed by atoms with van der Waals surface area (Å²) >= 11 is 1.75. The molecule has 0 atom stereocenters. The number of rotatable bonds is 10. The molecule has 0 saturated heterocycles. The number of allylic oxidation sites excluding steroid dienone is 3. The lowest BCUT2D eigenvalue weighted by atomic mass is 9.78. The van der Waals surface area contributed by atoms with Crippen molar-refractivity contribution in [3.05, 3.63) is 107 Å². The molecule has 0 N–H and O–H groups in total. The van der Waals surface area contributed by atoms with E-state index in [0.29, 0.717) is 0 Å². The Morgan fingerprint density at radius 1 is 0.692 bits per heavy atom. The van der Waals surface area contributed by atoms with E-state index < -0.39 is 0 Å². The molecule has 0 spiro atoms. The van der Waals surface area contributed by atoms with Gasteiger partial charge in [-0.1, -0.05) is 103 Å². The maximum atomic E-state index is 6.12. The molecule has 3 aromatic rings. The first-order valence-corrected chi connectivity index (χ1v) is 15.1. The van der Waals surface area contributed by atoms with Crippen molar-refractivity contribution in [1.29, 1.82) is 0 Å². The van der Waals surface area contributed by atoms with Crippen LogP contribution in [0.25, 0.3) is 0 Å². The SMILES string of the molecule is C/C=C\C(=C/C)Sc1ccc(Oc2ccc(C(C)(C)c3ccc(OC(C)(C)CC)cc3)cc2)cc1.CC.CC. The molecule has 212 valence electrons. The van der Waals surface area contributed by atoms with Crippen molar-refractivity contribution < 1.29 is 9.47 Å². The zero-order valence-corrected chi connectivity index (χ0v) is 26.9. The van der Waals surface area contributed by atoms with Gasteiger partial charge >= 0.3 is 0 Å². The number of hydrogen-bond donors (Lipinski definition) is 0. The minimum absolute atomic E-state index is 0.131. The molecule has 3 heteroatoms. The lowest BCUT2D eigenvalue weighted by Crippen LogP contribution is -2.26. The fourth-order valence-corrected chi connectivity index (χ4v) is 4.50. The van der Waals surface area contributed by atoms with Crippen molar-refractivity contribution >= 4 is 11.8 Å². The van der Waals surface area contributed by atoms with Crippen molar-refractivity contribution in [3.63, 3.8) is 0 Å². The Hall–Kier alpha value is -2.91. The average molecular weight is 547 g/mol. The summed E-state index contributed by atoms with van der Waals surface area (Å²) in [5, 5.41) is 0. The molecule has 0 radical (unpaired) electrons. The molecule has 0 aliphatic carbocycles. The first-order chi connectivity index (χ1) is 18.7. The third kappa shape index (κ3) is 10.6. The average Bonchev–Trinajstić information content (AvgIpc) is 2.96. The summed E-state index contributed by atoms with van der Waals surface area (Å²) in [7, 11) is 0. The van der Waals surface area contributed by atoms with Gasteiger partial charge < -0.3 is 9.47 Å². The molecule has 0 saturated carbocycles. The van der Waals surface area contributed by atoms with Crippen LogP contribution < -0.4 is 9.47 Å². The number of benzene rings is 3. The second kappa shape index (κ2) is 16.9. The molecule has 0 aliphatic heterocycles. The van der Waals surface area contributed by atoms with E-state index in [0.717, 1.165) is 23.7 Å². The van der Waals surface area contributed by atoms with Gasteiger partial charge in [0.15, 0.2) is 0 Å². The molecule has 3 rings (SSSR count). The summed E-state index contributed by atoms with van der Waals surface area (Å²) in [6, 6.07) is 25.1. The van der Waals surface area contributed by atoms with Gasteiger partial charge in [-0.2, -0.15) is 0 Å². The van der Waals surface area contributed by atoms with Crippen LogP contribution in [0.5, 0.6) is 17.2 Å². The molecule has 3 aromatic carbocycles. The van der Waals surface area contributed by atoms with Crippen LogP contribution in [0.15, 0.2) is 101 Å². The van der Waals surface area contributed by atoms with Crippen molar-refractivity contribution in [3.8, 4) is 17.2 Å². The van der Waals surface area contributed by atoms with E-state index in [1.54, 1.807) is 11.8 Å². The van der Waals surface area contributed by atoms with E-state index in [1.807, 2.05) is 58.9 Å². The fourth-order valence-electron chi connectivity index (χ4n) is 3.64. The van der Waals surface area contributed by atoms with Crippen molar-refractivity contribution in [2.75, 3.05) is 0 Å². The molecule has 0 aliphatic rings. The van der Waals surface area contributed by atoms with E-state index in [2.05, 4.69) is 108 Å². The largest absolute Gasteiger partial charge is 0.488 e. The highest BCUT2D eigenvalue weighted by Crippen LogP contribution is 2.35. The second-order valence-corrected chi connectivity index (χ2v) is 10.9. The molecule has 39 heavy (non-hydrogen) atoms. The van der Waals surface area contributed by atoms with Crippen LogP contribution in [0.1, 0.15) is 93.7 Å². The molecule has 2 nitrogen and oxygen atoms in total. The van der Waals surface area contributed by atoms with Gasteiger partial charge in [0.2, 0.25) is 0 Å². The van der Waals surface area contributed by atoms with Crippen molar-refractivity contribution in [2.45, 2.75) is 98.5 Å². The highest BCUT2D eigenvalue weighted by atomic mass is 32.2. The topological polar surface area (TPSA) is 18.5 Å². The highest BCUT2D eigenvalue weighted by Gasteiger charge is 2.24. The maximum absolute atomic E-state index is 6.12. The summed E-state index contributed by atoms with van der Waals surface area (Å²) in [5.74, 6) is 2.58. The van der Waals surface area contributed by atoms with Gasteiger partial charge in [-0.25, -0.2) is 0 Å². The van der Waals surface area contributed by atoms with E-state index in [-0.39, 0.29) is 11.0 Å². The molecular formula is C36H50O2S. The van der Waals surface area contributed by atoms with Crippen LogP contribution in [-0.4, -0.2) is 5.60 Å². The Balaban J connectivity index is 0.00000181. The van der Waals surface area contributed by atoms with Crippen molar-refractivity contribution in [2.24, 2.45) is 0 Å². The Bertz CT molecular complexity index is 1140. The van der Waals surface area contributed by atoms with Crippen molar-refractivity contribution in [1.82, 2.24) is 0 Å². The van der Waals surface area contributed by atoms with Gasteiger partial charge in [-0.15, -0.1) is 0 Å². The predicted molar refractivity (Wildman–Crippen MR) is 174 cm³/mol. The molecule has 0 bridgehead atoms. The van der Waals surface area contributed by atoms with Crippen LogP contribution >= 0.6 is 11.8 Å². The molecule has 0 amide bonds. The normalized spacial score (nSPS) is 11.7. The van der Waals surface area contributed by atoms with E-state index in [4.69, 9.17) is 9.47 Å². The Morgan fingerprint density at radius 2 is 1.13 bits per heavy atom. The van der Waals surface area contributed by atoms with E-state index in [1.165, 1.54) is 20.9 Å². The van der Waals surface area contributed by atoms with Crippen LogP contribution in [0, 0.1) is 0 Å². The molecular weight excluding hydrogens is 496 g/mol. The van der Waals surface area contributed by atoms with Gasteiger partial charge in [0.25, 0.3) is 0 Å². The molecule has 0 heterocycles.